The SMILES string of the molecule is Cl.O=C(NCC1CCNC1)c1ccc(Br)s1. The zero-order valence-electron chi connectivity index (χ0n) is 8.66. The van der Waals surface area contributed by atoms with Crippen molar-refractivity contribution in [2.24, 2.45) is 5.92 Å². The minimum absolute atomic E-state index is 0. The van der Waals surface area contributed by atoms with Crippen molar-refractivity contribution in [3.05, 3.63) is 20.8 Å². The van der Waals surface area contributed by atoms with Crippen molar-refractivity contribution in [1.82, 2.24) is 10.6 Å². The van der Waals surface area contributed by atoms with E-state index >= 15 is 0 Å². The molecule has 0 aromatic carbocycles. The van der Waals surface area contributed by atoms with Gasteiger partial charge in [-0.1, -0.05) is 0 Å². The van der Waals surface area contributed by atoms with Crippen molar-refractivity contribution in [2.75, 3.05) is 19.6 Å². The fraction of sp³-hybridized carbons (Fsp3) is 0.500. The Kier molecular flexibility index (Phi) is 5.75. The van der Waals surface area contributed by atoms with E-state index in [4.69, 9.17) is 0 Å². The summed E-state index contributed by atoms with van der Waals surface area (Å²) in [5.74, 6) is 0.634. The van der Waals surface area contributed by atoms with Gasteiger partial charge in [0.1, 0.15) is 0 Å². The highest BCUT2D eigenvalue weighted by Crippen LogP contribution is 2.21. The highest BCUT2D eigenvalue weighted by Gasteiger charge is 2.16. The molecule has 0 spiro atoms. The number of thiophene rings is 1. The Morgan fingerprint density at radius 2 is 2.44 bits per heavy atom. The molecule has 1 aliphatic heterocycles. The van der Waals surface area contributed by atoms with Crippen LogP contribution >= 0.6 is 39.7 Å². The van der Waals surface area contributed by atoms with Crippen molar-refractivity contribution in [2.45, 2.75) is 6.42 Å². The normalized spacial score (nSPS) is 19.2. The van der Waals surface area contributed by atoms with Gasteiger partial charge < -0.3 is 10.6 Å². The monoisotopic (exact) mass is 324 g/mol. The van der Waals surface area contributed by atoms with Gasteiger partial charge in [0.15, 0.2) is 0 Å². The van der Waals surface area contributed by atoms with Crippen LogP contribution in [0.3, 0.4) is 0 Å². The van der Waals surface area contributed by atoms with Crippen molar-refractivity contribution >= 4 is 45.6 Å². The molecule has 0 aliphatic carbocycles. The van der Waals surface area contributed by atoms with E-state index in [1.54, 1.807) is 0 Å². The van der Waals surface area contributed by atoms with E-state index < -0.39 is 0 Å². The van der Waals surface area contributed by atoms with E-state index in [9.17, 15) is 4.79 Å². The van der Waals surface area contributed by atoms with Gasteiger partial charge in [-0.25, -0.2) is 0 Å². The molecule has 1 fully saturated rings. The summed E-state index contributed by atoms with van der Waals surface area (Å²) in [6.45, 7) is 2.88. The topological polar surface area (TPSA) is 41.1 Å². The molecular weight excluding hydrogens is 312 g/mol. The van der Waals surface area contributed by atoms with Crippen LogP contribution in [-0.4, -0.2) is 25.5 Å². The van der Waals surface area contributed by atoms with Gasteiger partial charge in [0.25, 0.3) is 5.91 Å². The lowest BCUT2D eigenvalue weighted by Gasteiger charge is -2.08. The van der Waals surface area contributed by atoms with Gasteiger partial charge in [-0.2, -0.15) is 0 Å². The van der Waals surface area contributed by atoms with E-state index in [1.165, 1.54) is 11.3 Å². The smallest absolute Gasteiger partial charge is 0.261 e. The van der Waals surface area contributed by atoms with Crippen LogP contribution in [0.1, 0.15) is 16.1 Å². The second kappa shape index (κ2) is 6.59. The molecule has 1 aromatic rings. The summed E-state index contributed by atoms with van der Waals surface area (Å²) in [5.41, 5.74) is 0. The first kappa shape index (κ1) is 14.0. The summed E-state index contributed by atoms with van der Waals surface area (Å²) in [5, 5.41) is 6.25. The maximum atomic E-state index is 11.7. The molecule has 1 saturated heterocycles. The first-order valence-corrected chi connectivity index (χ1v) is 6.61. The Morgan fingerprint density at radius 3 is 3.00 bits per heavy atom. The molecule has 0 bridgehead atoms. The molecule has 16 heavy (non-hydrogen) atoms. The lowest BCUT2D eigenvalue weighted by molar-refractivity contribution is 0.0952. The molecular formula is C10H14BrClN2OS. The van der Waals surface area contributed by atoms with E-state index in [2.05, 4.69) is 26.6 Å². The predicted octanol–water partition coefficient (Wildman–Crippen LogP) is 2.27. The van der Waals surface area contributed by atoms with Crippen LogP contribution < -0.4 is 10.6 Å². The Bertz CT molecular complexity index is 352. The lowest BCUT2D eigenvalue weighted by Crippen LogP contribution is -2.29. The third-order valence-corrected chi connectivity index (χ3v) is 4.13. The second-order valence-corrected chi connectivity index (χ2v) is 6.14. The number of carbonyl (C=O) groups excluding carboxylic acids is 1. The van der Waals surface area contributed by atoms with E-state index in [1.807, 2.05) is 12.1 Å². The molecule has 1 atom stereocenters. The average molecular weight is 326 g/mol. The largest absolute Gasteiger partial charge is 0.351 e. The van der Waals surface area contributed by atoms with Gasteiger partial charge >= 0.3 is 0 Å². The van der Waals surface area contributed by atoms with Gasteiger partial charge in [0.05, 0.1) is 8.66 Å². The molecule has 1 aromatic heterocycles. The zero-order valence-corrected chi connectivity index (χ0v) is 11.9. The van der Waals surface area contributed by atoms with Crippen molar-refractivity contribution in [1.29, 1.82) is 0 Å². The highest BCUT2D eigenvalue weighted by molar-refractivity contribution is 9.11. The van der Waals surface area contributed by atoms with E-state index in [-0.39, 0.29) is 18.3 Å². The molecule has 90 valence electrons. The first-order chi connectivity index (χ1) is 7.25. The minimum atomic E-state index is 0. The second-order valence-electron chi connectivity index (χ2n) is 3.67. The van der Waals surface area contributed by atoms with Crippen molar-refractivity contribution in [3.63, 3.8) is 0 Å². The maximum absolute atomic E-state index is 11.7. The minimum Gasteiger partial charge on any atom is -0.351 e. The molecule has 0 saturated carbocycles. The summed E-state index contributed by atoms with van der Waals surface area (Å²) >= 11 is 4.81. The molecule has 2 heterocycles. The fourth-order valence-corrected chi connectivity index (χ4v) is 2.95. The molecule has 6 heteroatoms. The molecule has 2 rings (SSSR count). The third kappa shape index (κ3) is 3.73. The lowest BCUT2D eigenvalue weighted by atomic mass is 10.1. The van der Waals surface area contributed by atoms with Crippen LogP contribution in [0.25, 0.3) is 0 Å². The molecule has 1 unspecified atom stereocenters. The number of hydrogen-bond donors (Lipinski definition) is 2. The molecule has 3 nitrogen and oxygen atoms in total. The van der Waals surface area contributed by atoms with Gasteiger partial charge in [-0.05, 0) is 53.5 Å². The van der Waals surface area contributed by atoms with Crippen LogP contribution in [0.4, 0.5) is 0 Å². The molecule has 1 aliphatic rings. The molecule has 0 radical (unpaired) electrons. The number of halogens is 2. The van der Waals surface area contributed by atoms with Crippen LogP contribution in [0.2, 0.25) is 0 Å². The van der Waals surface area contributed by atoms with E-state index in [0.717, 1.165) is 34.7 Å². The van der Waals surface area contributed by atoms with Crippen LogP contribution in [-0.2, 0) is 0 Å². The fourth-order valence-electron chi connectivity index (χ4n) is 1.65. The predicted molar refractivity (Wildman–Crippen MR) is 72.6 cm³/mol. The summed E-state index contributed by atoms with van der Waals surface area (Å²) in [4.78, 5) is 12.4. The average Bonchev–Trinajstić information content (AvgIpc) is 2.84. The summed E-state index contributed by atoms with van der Waals surface area (Å²) < 4.78 is 0.996. The Hall–Kier alpha value is -0.100. The third-order valence-electron chi connectivity index (χ3n) is 2.51. The molecule has 2 N–H and O–H groups in total. The Labute approximate surface area is 114 Å². The van der Waals surface area contributed by atoms with Gasteiger partial charge in [-0.15, -0.1) is 23.7 Å². The summed E-state index contributed by atoms with van der Waals surface area (Å²) in [7, 11) is 0. The number of nitrogens with one attached hydrogen (secondary N) is 2. The van der Waals surface area contributed by atoms with Crippen molar-refractivity contribution in [3.8, 4) is 0 Å². The number of amides is 1. The summed E-state index contributed by atoms with van der Waals surface area (Å²) in [6, 6.07) is 3.74. The number of rotatable bonds is 3. The quantitative estimate of drug-likeness (QED) is 0.895. The molecule has 1 amide bonds. The van der Waals surface area contributed by atoms with Gasteiger partial charge in [0, 0.05) is 6.54 Å². The Morgan fingerprint density at radius 1 is 1.62 bits per heavy atom. The maximum Gasteiger partial charge on any atom is 0.261 e. The highest BCUT2D eigenvalue weighted by atomic mass is 79.9. The van der Waals surface area contributed by atoms with Gasteiger partial charge in [0.2, 0.25) is 0 Å². The van der Waals surface area contributed by atoms with Crippen LogP contribution in [0, 0.1) is 5.92 Å². The zero-order chi connectivity index (χ0) is 10.7. The Balaban J connectivity index is 0.00000128. The van der Waals surface area contributed by atoms with Crippen molar-refractivity contribution < 1.29 is 4.79 Å². The standard InChI is InChI=1S/C10H13BrN2OS.ClH/c11-9-2-1-8(15-9)10(14)13-6-7-3-4-12-5-7;/h1-2,7,12H,3-6H2,(H,13,14);1H. The van der Waals surface area contributed by atoms with Crippen LogP contribution in [0.5, 0.6) is 0 Å². The van der Waals surface area contributed by atoms with E-state index in [0.29, 0.717) is 5.92 Å². The van der Waals surface area contributed by atoms with Crippen LogP contribution in [0.15, 0.2) is 15.9 Å². The number of hydrogen-bond acceptors (Lipinski definition) is 3. The number of carbonyl (C=O) groups is 1. The first-order valence-electron chi connectivity index (χ1n) is 5.00. The van der Waals surface area contributed by atoms with Gasteiger partial charge in [-0.3, -0.25) is 4.79 Å². The summed E-state index contributed by atoms with van der Waals surface area (Å²) in [6.07, 6.45) is 1.16.